The van der Waals surface area contributed by atoms with Crippen LogP contribution in [0.1, 0.15) is 38.6 Å². The van der Waals surface area contributed by atoms with Crippen LogP contribution in [-0.2, 0) is 19.5 Å². The zero-order valence-electron chi connectivity index (χ0n) is 15.7. The second-order valence-electron chi connectivity index (χ2n) is 7.08. The van der Waals surface area contributed by atoms with Gasteiger partial charge in [-0.05, 0) is 31.5 Å². The summed E-state index contributed by atoms with van der Waals surface area (Å²) in [5, 5.41) is 9.36. The number of aromatic nitrogens is 4. The quantitative estimate of drug-likeness (QED) is 0.639. The molecule has 0 amide bonds. The Morgan fingerprint density at radius 2 is 2.14 bits per heavy atom. The maximum atomic E-state index is 12.6. The van der Waals surface area contributed by atoms with Gasteiger partial charge in [-0.2, -0.15) is 0 Å². The lowest BCUT2D eigenvalue weighted by molar-refractivity contribution is 0.0695. The first-order chi connectivity index (χ1) is 13.4. The van der Waals surface area contributed by atoms with Gasteiger partial charge in [0.1, 0.15) is 5.82 Å². The molecule has 4 rings (SSSR count). The molecule has 3 aromatic heterocycles. The summed E-state index contributed by atoms with van der Waals surface area (Å²) in [5.41, 5.74) is 4.71. The number of aryl methyl sites for hydroxylation is 1. The highest BCUT2D eigenvalue weighted by Crippen LogP contribution is 2.23. The third kappa shape index (κ3) is 3.22. The number of fused-ring (bicyclic) bond motifs is 1. The van der Waals surface area contributed by atoms with Crippen LogP contribution in [0.5, 0.6) is 0 Å². The van der Waals surface area contributed by atoms with Gasteiger partial charge in [0.15, 0.2) is 0 Å². The van der Waals surface area contributed by atoms with Crippen molar-refractivity contribution >= 4 is 5.97 Å². The van der Waals surface area contributed by atoms with Crippen LogP contribution in [0.3, 0.4) is 0 Å². The zero-order valence-corrected chi connectivity index (χ0v) is 15.7. The van der Waals surface area contributed by atoms with Gasteiger partial charge in [0.25, 0.3) is 5.56 Å². The van der Waals surface area contributed by atoms with Crippen molar-refractivity contribution in [3.63, 3.8) is 0 Å². The Kier molecular flexibility index (Phi) is 4.56. The summed E-state index contributed by atoms with van der Waals surface area (Å²) in [7, 11) is 0. The molecule has 0 fully saturated rings. The van der Waals surface area contributed by atoms with E-state index in [2.05, 4.69) is 24.8 Å². The average molecular weight is 379 g/mol. The van der Waals surface area contributed by atoms with Gasteiger partial charge >= 0.3 is 5.97 Å². The van der Waals surface area contributed by atoms with E-state index in [1.807, 2.05) is 19.1 Å². The molecule has 0 saturated heterocycles. The van der Waals surface area contributed by atoms with Gasteiger partial charge in [-0.25, -0.2) is 9.78 Å². The van der Waals surface area contributed by atoms with Crippen molar-refractivity contribution in [1.29, 1.82) is 0 Å². The van der Waals surface area contributed by atoms with Crippen molar-refractivity contribution in [2.45, 2.75) is 33.4 Å². The van der Waals surface area contributed by atoms with E-state index in [1.54, 1.807) is 19.3 Å². The molecule has 0 aliphatic carbocycles. The third-order valence-electron chi connectivity index (χ3n) is 5.22. The Bertz CT molecular complexity index is 1100. The van der Waals surface area contributed by atoms with Gasteiger partial charge < -0.3 is 15.1 Å². The first-order valence-corrected chi connectivity index (χ1v) is 9.10. The summed E-state index contributed by atoms with van der Waals surface area (Å²) in [6, 6.07) is 3.67. The van der Waals surface area contributed by atoms with E-state index >= 15 is 0 Å². The highest BCUT2D eigenvalue weighted by Gasteiger charge is 2.24. The second kappa shape index (κ2) is 7.05. The largest absolute Gasteiger partial charge is 0.478 e. The van der Waals surface area contributed by atoms with Crippen molar-refractivity contribution < 1.29 is 9.90 Å². The molecule has 1 aliphatic rings. The van der Waals surface area contributed by atoms with Crippen LogP contribution in [0.2, 0.25) is 0 Å². The third-order valence-corrected chi connectivity index (χ3v) is 5.22. The molecule has 28 heavy (non-hydrogen) atoms. The highest BCUT2D eigenvalue weighted by molar-refractivity contribution is 5.91. The van der Waals surface area contributed by atoms with Gasteiger partial charge in [0, 0.05) is 55.4 Å². The normalized spacial score (nSPS) is 14.1. The fourth-order valence-electron chi connectivity index (χ4n) is 3.77. The molecular formula is C20H21N5O3. The van der Waals surface area contributed by atoms with Crippen LogP contribution >= 0.6 is 0 Å². The van der Waals surface area contributed by atoms with E-state index < -0.39 is 5.97 Å². The molecule has 3 N–H and O–H groups in total. The standard InChI is InChI=1S/C20H21N5O3/c1-11-16(22-12(2)17(11)20(27)28)10-25-7-5-15-14(9-25)19(26)24-18(23-15)13-4-3-6-21-8-13/h3-4,6,8,22H,5,7,9-10H2,1-2H3,(H,27,28)(H,23,24,26). The first kappa shape index (κ1) is 18.1. The van der Waals surface area contributed by atoms with Crippen LogP contribution in [0.4, 0.5) is 0 Å². The number of H-pyrrole nitrogens is 2. The van der Waals surface area contributed by atoms with E-state index in [4.69, 9.17) is 0 Å². The fourth-order valence-corrected chi connectivity index (χ4v) is 3.77. The molecule has 144 valence electrons. The van der Waals surface area contributed by atoms with E-state index in [0.29, 0.717) is 42.2 Å². The van der Waals surface area contributed by atoms with Crippen molar-refractivity contribution in [2.75, 3.05) is 6.54 Å². The number of carbonyl (C=O) groups is 1. The molecule has 0 atom stereocenters. The lowest BCUT2D eigenvalue weighted by Crippen LogP contribution is -2.35. The molecule has 4 heterocycles. The van der Waals surface area contributed by atoms with Gasteiger partial charge in [0.05, 0.1) is 16.8 Å². The monoisotopic (exact) mass is 379 g/mol. The fraction of sp³-hybridized carbons (Fsp3) is 0.300. The van der Waals surface area contributed by atoms with E-state index in [0.717, 1.165) is 29.1 Å². The smallest absolute Gasteiger partial charge is 0.337 e. The van der Waals surface area contributed by atoms with Crippen LogP contribution in [0.15, 0.2) is 29.3 Å². The van der Waals surface area contributed by atoms with E-state index in [-0.39, 0.29) is 5.56 Å². The minimum absolute atomic E-state index is 0.140. The molecule has 0 aromatic carbocycles. The SMILES string of the molecule is Cc1[nH]c(CN2CCc3nc(-c4cccnc4)[nH]c(=O)c3C2)c(C)c1C(=O)O. The van der Waals surface area contributed by atoms with Gasteiger partial charge in [-0.15, -0.1) is 0 Å². The Balaban J connectivity index is 1.59. The molecule has 0 spiro atoms. The predicted octanol–water partition coefficient (Wildman–Crippen LogP) is 2.03. The number of aromatic carboxylic acids is 1. The molecule has 0 radical (unpaired) electrons. The number of carboxylic acid groups (broad SMARTS) is 1. The Morgan fingerprint density at radius 1 is 1.32 bits per heavy atom. The van der Waals surface area contributed by atoms with Gasteiger partial charge in [-0.1, -0.05) is 0 Å². The summed E-state index contributed by atoms with van der Waals surface area (Å²) < 4.78 is 0. The van der Waals surface area contributed by atoms with Gasteiger partial charge in [-0.3, -0.25) is 14.7 Å². The van der Waals surface area contributed by atoms with Crippen LogP contribution < -0.4 is 5.56 Å². The lowest BCUT2D eigenvalue weighted by atomic mass is 10.1. The van der Waals surface area contributed by atoms with Crippen LogP contribution in [-0.4, -0.2) is 42.5 Å². The minimum atomic E-state index is -0.926. The number of rotatable bonds is 4. The molecule has 8 heteroatoms. The highest BCUT2D eigenvalue weighted by atomic mass is 16.4. The number of hydrogen-bond donors (Lipinski definition) is 3. The van der Waals surface area contributed by atoms with E-state index in [9.17, 15) is 14.7 Å². The van der Waals surface area contributed by atoms with Crippen LogP contribution in [0.25, 0.3) is 11.4 Å². The summed E-state index contributed by atoms with van der Waals surface area (Å²) in [6.45, 7) is 5.36. The molecule has 3 aromatic rings. The number of aromatic amines is 2. The first-order valence-electron chi connectivity index (χ1n) is 9.10. The lowest BCUT2D eigenvalue weighted by Gasteiger charge is -2.27. The summed E-state index contributed by atoms with van der Waals surface area (Å²) >= 11 is 0. The molecule has 0 saturated carbocycles. The number of carboxylic acids is 1. The number of nitrogens with one attached hydrogen (secondary N) is 2. The number of nitrogens with zero attached hydrogens (tertiary/aromatic N) is 3. The van der Waals surface area contributed by atoms with Crippen molar-refractivity contribution in [2.24, 2.45) is 0 Å². The van der Waals surface area contributed by atoms with Crippen molar-refractivity contribution in [1.82, 2.24) is 24.8 Å². The molecule has 1 aliphatic heterocycles. The van der Waals surface area contributed by atoms with Crippen molar-refractivity contribution in [3.8, 4) is 11.4 Å². The average Bonchev–Trinajstić information content (AvgIpc) is 2.96. The number of pyridine rings is 1. The summed E-state index contributed by atoms with van der Waals surface area (Å²) in [4.78, 5) is 40.9. The van der Waals surface area contributed by atoms with Crippen molar-refractivity contribution in [3.05, 3.63) is 68.7 Å². The molecular weight excluding hydrogens is 358 g/mol. The van der Waals surface area contributed by atoms with E-state index in [1.165, 1.54) is 0 Å². The molecule has 8 nitrogen and oxygen atoms in total. The second-order valence-corrected chi connectivity index (χ2v) is 7.08. The Labute approximate surface area is 161 Å². The topological polar surface area (TPSA) is 115 Å². The Morgan fingerprint density at radius 3 is 2.82 bits per heavy atom. The predicted molar refractivity (Wildman–Crippen MR) is 103 cm³/mol. The zero-order chi connectivity index (χ0) is 19.8. The molecule has 0 unspecified atom stereocenters. The van der Waals surface area contributed by atoms with Gasteiger partial charge in [0.2, 0.25) is 0 Å². The minimum Gasteiger partial charge on any atom is -0.478 e. The summed E-state index contributed by atoms with van der Waals surface area (Å²) in [6.07, 6.45) is 4.02. The van der Waals surface area contributed by atoms with Crippen LogP contribution in [0, 0.1) is 13.8 Å². The molecule has 0 bridgehead atoms. The Hall–Kier alpha value is -3.26. The maximum Gasteiger partial charge on any atom is 0.337 e. The summed E-state index contributed by atoms with van der Waals surface area (Å²) in [5.74, 6) is -0.391. The number of hydrogen-bond acceptors (Lipinski definition) is 5. The maximum absolute atomic E-state index is 12.6.